The topological polar surface area (TPSA) is 64.0 Å². The third-order valence-corrected chi connectivity index (χ3v) is 5.32. The van der Waals surface area contributed by atoms with E-state index in [-0.39, 0.29) is 18.1 Å². The highest BCUT2D eigenvalue weighted by Gasteiger charge is 2.36. The van der Waals surface area contributed by atoms with E-state index in [1.807, 2.05) is 50.2 Å². The van der Waals surface area contributed by atoms with Crippen molar-refractivity contribution in [3.63, 3.8) is 0 Å². The third kappa shape index (κ3) is 3.13. The van der Waals surface area contributed by atoms with Crippen LogP contribution in [0.5, 0.6) is 0 Å². The Morgan fingerprint density at radius 1 is 1.18 bits per heavy atom. The lowest BCUT2D eigenvalue weighted by atomic mass is 9.85. The molecule has 3 aromatic rings. The molecule has 1 aliphatic rings. The van der Waals surface area contributed by atoms with E-state index >= 15 is 0 Å². The molecule has 0 spiro atoms. The lowest BCUT2D eigenvalue weighted by Crippen LogP contribution is -2.28. The van der Waals surface area contributed by atoms with Gasteiger partial charge in [-0.2, -0.15) is 5.10 Å². The average Bonchev–Trinajstić information content (AvgIpc) is 3.04. The molecule has 2 heterocycles. The molecule has 1 amide bonds. The number of nitrogens with one attached hydrogen (secondary N) is 1. The van der Waals surface area contributed by atoms with E-state index in [0.717, 1.165) is 28.9 Å². The number of rotatable bonds is 4. The van der Waals surface area contributed by atoms with Crippen LogP contribution in [0.25, 0.3) is 5.69 Å². The van der Waals surface area contributed by atoms with Crippen molar-refractivity contribution in [1.82, 2.24) is 9.78 Å². The third-order valence-electron chi connectivity index (χ3n) is 5.32. The molecule has 1 N–H and O–H groups in total. The number of carbonyl (C=O) groups excluding carboxylic acids is 2. The van der Waals surface area contributed by atoms with E-state index in [4.69, 9.17) is 0 Å². The van der Waals surface area contributed by atoms with Crippen LogP contribution in [0.3, 0.4) is 0 Å². The average molecular weight is 373 g/mol. The molecule has 0 saturated carbocycles. The summed E-state index contributed by atoms with van der Waals surface area (Å²) < 4.78 is 1.75. The molecule has 0 saturated heterocycles. The minimum absolute atomic E-state index is 0.0407. The van der Waals surface area contributed by atoms with Crippen LogP contribution in [-0.4, -0.2) is 21.5 Å². The summed E-state index contributed by atoms with van der Waals surface area (Å²) in [6.45, 7) is 5.98. The Balaban J connectivity index is 1.81. The zero-order valence-corrected chi connectivity index (χ0v) is 16.3. The highest BCUT2D eigenvalue weighted by atomic mass is 16.2. The van der Waals surface area contributed by atoms with Crippen molar-refractivity contribution in [3.8, 4) is 5.69 Å². The second-order valence-corrected chi connectivity index (χ2v) is 7.32. The van der Waals surface area contributed by atoms with E-state index in [0.29, 0.717) is 11.4 Å². The molecule has 5 nitrogen and oxygen atoms in total. The van der Waals surface area contributed by atoms with Crippen molar-refractivity contribution in [2.45, 2.75) is 39.5 Å². The fourth-order valence-electron chi connectivity index (χ4n) is 3.79. The number of amides is 1. The molecule has 4 rings (SSSR count). The number of aryl methyl sites for hydroxylation is 3. The number of hydrogen-bond donors (Lipinski definition) is 1. The van der Waals surface area contributed by atoms with Crippen molar-refractivity contribution in [3.05, 3.63) is 76.5 Å². The Labute approximate surface area is 164 Å². The first kappa shape index (κ1) is 18.2. The molecule has 1 aliphatic heterocycles. The lowest BCUT2D eigenvalue weighted by molar-refractivity contribution is -0.116. The van der Waals surface area contributed by atoms with Gasteiger partial charge in [-0.15, -0.1) is 0 Å². The molecule has 0 unspecified atom stereocenters. The van der Waals surface area contributed by atoms with Gasteiger partial charge in [0.05, 0.1) is 17.3 Å². The van der Waals surface area contributed by atoms with Crippen LogP contribution in [0.1, 0.15) is 52.0 Å². The van der Waals surface area contributed by atoms with Gasteiger partial charge in [-0.1, -0.05) is 48.9 Å². The van der Waals surface area contributed by atoms with Gasteiger partial charge in [0.1, 0.15) is 5.82 Å². The van der Waals surface area contributed by atoms with E-state index in [1.165, 1.54) is 5.56 Å². The molecule has 0 radical (unpaired) electrons. The minimum atomic E-state index is -0.519. The highest BCUT2D eigenvalue weighted by molar-refractivity contribution is 6.08. The molecule has 0 bridgehead atoms. The zero-order valence-electron chi connectivity index (χ0n) is 16.3. The SMILES string of the molecule is CCc1cccc(-n2nc(C)c3c2NC(=O)C[C@@H]3C(=O)c2ccc(C)cc2)c1. The van der Waals surface area contributed by atoms with Crippen LogP contribution in [-0.2, 0) is 11.2 Å². The van der Waals surface area contributed by atoms with Gasteiger partial charge >= 0.3 is 0 Å². The Kier molecular flexibility index (Phi) is 4.59. The lowest BCUT2D eigenvalue weighted by Gasteiger charge is -2.23. The number of benzene rings is 2. The molecule has 142 valence electrons. The summed E-state index contributed by atoms with van der Waals surface area (Å²) >= 11 is 0. The molecule has 1 aromatic heterocycles. The summed E-state index contributed by atoms with van der Waals surface area (Å²) in [7, 11) is 0. The van der Waals surface area contributed by atoms with Crippen LogP contribution in [0.15, 0.2) is 48.5 Å². The molecule has 1 atom stereocenters. The summed E-state index contributed by atoms with van der Waals surface area (Å²) in [5.74, 6) is -0.117. The second kappa shape index (κ2) is 7.08. The van der Waals surface area contributed by atoms with Crippen LogP contribution < -0.4 is 5.32 Å². The fourth-order valence-corrected chi connectivity index (χ4v) is 3.79. The Hall–Kier alpha value is -3.21. The molecular weight excluding hydrogens is 350 g/mol. The summed E-state index contributed by atoms with van der Waals surface area (Å²) in [6.07, 6.45) is 1.05. The van der Waals surface area contributed by atoms with Crippen molar-refractivity contribution in [2.24, 2.45) is 0 Å². The van der Waals surface area contributed by atoms with Crippen LogP contribution in [0, 0.1) is 13.8 Å². The number of anilines is 1. The van der Waals surface area contributed by atoms with Gasteiger partial charge in [-0.05, 0) is 38.0 Å². The molecule has 2 aromatic carbocycles. The largest absolute Gasteiger partial charge is 0.310 e. The number of carbonyl (C=O) groups is 2. The first-order valence-corrected chi connectivity index (χ1v) is 9.57. The summed E-state index contributed by atoms with van der Waals surface area (Å²) in [4.78, 5) is 25.6. The molecule has 0 fully saturated rings. The molecule has 0 aliphatic carbocycles. The fraction of sp³-hybridized carbons (Fsp3) is 0.261. The van der Waals surface area contributed by atoms with Crippen molar-refractivity contribution < 1.29 is 9.59 Å². The van der Waals surface area contributed by atoms with E-state index in [2.05, 4.69) is 29.5 Å². The number of aromatic nitrogens is 2. The molecule has 5 heteroatoms. The summed E-state index contributed by atoms with van der Waals surface area (Å²) in [5, 5.41) is 7.60. The van der Waals surface area contributed by atoms with Gasteiger partial charge in [-0.3, -0.25) is 9.59 Å². The van der Waals surface area contributed by atoms with Gasteiger partial charge in [0.2, 0.25) is 5.91 Å². The van der Waals surface area contributed by atoms with Crippen LogP contribution in [0.2, 0.25) is 0 Å². The predicted octanol–water partition coefficient (Wildman–Crippen LogP) is 4.36. The van der Waals surface area contributed by atoms with E-state index in [9.17, 15) is 9.59 Å². The maximum absolute atomic E-state index is 13.2. The highest BCUT2D eigenvalue weighted by Crippen LogP contribution is 2.38. The number of hydrogen-bond acceptors (Lipinski definition) is 3. The number of nitrogens with zero attached hydrogens (tertiary/aromatic N) is 2. The Morgan fingerprint density at radius 3 is 2.64 bits per heavy atom. The second-order valence-electron chi connectivity index (χ2n) is 7.32. The van der Waals surface area contributed by atoms with Gasteiger partial charge in [0.15, 0.2) is 5.78 Å². The standard InChI is InChI=1S/C23H23N3O2/c1-4-16-6-5-7-18(12-16)26-23-21(15(3)25-26)19(13-20(27)24-23)22(28)17-10-8-14(2)9-11-17/h5-12,19H,4,13H2,1-3H3,(H,24,27)/t19-/m0/s1. The van der Waals surface area contributed by atoms with Gasteiger partial charge in [0.25, 0.3) is 0 Å². The Bertz CT molecular complexity index is 1060. The van der Waals surface area contributed by atoms with Gasteiger partial charge < -0.3 is 5.32 Å². The first-order chi connectivity index (χ1) is 13.5. The normalized spacial score (nSPS) is 15.8. The van der Waals surface area contributed by atoms with Crippen LogP contribution >= 0.6 is 0 Å². The van der Waals surface area contributed by atoms with Gasteiger partial charge in [-0.25, -0.2) is 4.68 Å². The minimum Gasteiger partial charge on any atom is -0.310 e. The van der Waals surface area contributed by atoms with E-state index in [1.54, 1.807) is 4.68 Å². The smallest absolute Gasteiger partial charge is 0.226 e. The predicted molar refractivity (Wildman–Crippen MR) is 109 cm³/mol. The number of Topliss-reactive ketones (excluding diaryl/α,β-unsaturated/α-hetero) is 1. The number of ketones is 1. The molecular formula is C23H23N3O2. The first-order valence-electron chi connectivity index (χ1n) is 9.57. The van der Waals surface area contributed by atoms with Crippen LogP contribution in [0.4, 0.5) is 5.82 Å². The van der Waals surface area contributed by atoms with Gasteiger partial charge in [0, 0.05) is 17.5 Å². The quantitative estimate of drug-likeness (QED) is 0.691. The Morgan fingerprint density at radius 2 is 1.93 bits per heavy atom. The molecule has 28 heavy (non-hydrogen) atoms. The maximum Gasteiger partial charge on any atom is 0.226 e. The summed E-state index contributed by atoms with van der Waals surface area (Å²) in [5.41, 5.74) is 5.37. The maximum atomic E-state index is 13.2. The monoisotopic (exact) mass is 373 g/mol. The van der Waals surface area contributed by atoms with Crippen molar-refractivity contribution in [1.29, 1.82) is 0 Å². The summed E-state index contributed by atoms with van der Waals surface area (Å²) in [6, 6.07) is 15.6. The number of fused-ring (bicyclic) bond motifs is 1. The zero-order chi connectivity index (χ0) is 19.8. The van der Waals surface area contributed by atoms with E-state index < -0.39 is 5.92 Å². The van der Waals surface area contributed by atoms with Crippen molar-refractivity contribution >= 4 is 17.5 Å². The van der Waals surface area contributed by atoms with Crippen molar-refractivity contribution in [2.75, 3.05) is 5.32 Å².